The number of carboxylic acid groups (broad SMARTS) is 1. The number of carbonyl (C=O) groups is 2. The molecule has 0 rings (SSSR count). The average molecular weight is 527 g/mol. The Labute approximate surface area is 214 Å². The van der Waals surface area contributed by atoms with E-state index in [9.17, 15) is 9.59 Å². The molecule has 12 heteroatoms. The minimum absolute atomic E-state index is 0.00337. The quantitative estimate of drug-likeness (QED) is 0.122. The van der Waals surface area contributed by atoms with Crippen molar-refractivity contribution in [2.24, 2.45) is 0 Å². The lowest BCUT2D eigenvalue weighted by atomic mass is 10.2. The van der Waals surface area contributed by atoms with Crippen molar-refractivity contribution < 1.29 is 57.3 Å². The van der Waals surface area contributed by atoms with E-state index in [2.05, 4.69) is 0 Å². The van der Waals surface area contributed by atoms with Crippen LogP contribution in [-0.4, -0.2) is 128 Å². The maximum Gasteiger partial charge on any atom is 0.308 e. The zero-order chi connectivity index (χ0) is 26.7. The van der Waals surface area contributed by atoms with Crippen LogP contribution in [0.3, 0.4) is 0 Å². The largest absolute Gasteiger partial charge is 0.481 e. The van der Waals surface area contributed by atoms with Crippen LogP contribution in [0.2, 0.25) is 0 Å². The fourth-order valence-corrected chi connectivity index (χ4v) is 2.35. The van der Waals surface area contributed by atoms with Gasteiger partial charge in [0.05, 0.1) is 119 Å². The third kappa shape index (κ3) is 30.7. The Bertz CT molecular complexity index is 510. The summed E-state index contributed by atoms with van der Waals surface area (Å²) in [6.45, 7) is 12.3. The summed E-state index contributed by atoms with van der Waals surface area (Å²) in [7, 11) is 0. The van der Waals surface area contributed by atoms with Gasteiger partial charge in [0.15, 0.2) is 0 Å². The summed E-state index contributed by atoms with van der Waals surface area (Å²) in [6.07, 6.45) is 0.225. The van der Waals surface area contributed by atoms with Gasteiger partial charge in [0, 0.05) is 0 Å². The first kappa shape index (κ1) is 34.6. The summed E-state index contributed by atoms with van der Waals surface area (Å²) in [4.78, 5) is 21.8. The van der Waals surface area contributed by atoms with Gasteiger partial charge in [-0.2, -0.15) is 0 Å². The van der Waals surface area contributed by atoms with E-state index in [1.807, 2.05) is 20.8 Å². The second-order valence-electron chi connectivity index (χ2n) is 8.38. The Morgan fingerprint density at radius 2 is 0.722 bits per heavy atom. The Morgan fingerprint density at radius 1 is 0.472 bits per heavy atom. The van der Waals surface area contributed by atoms with E-state index in [4.69, 9.17) is 47.7 Å². The molecule has 0 bridgehead atoms. The third-order valence-corrected chi connectivity index (χ3v) is 3.93. The topological polar surface area (TPSA) is 137 Å². The highest BCUT2D eigenvalue weighted by atomic mass is 16.6. The molecule has 0 fully saturated rings. The normalized spacial score (nSPS) is 11.6. The summed E-state index contributed by atoms with van der Waals surface area (Å²) in [5, 5.41) is 8.46. The molecule has 12 nitrogen and oxygen atoms in total. The minimum atomic E-state index is -0.876. The van der Waals surface area contributed by atoms with E-state index in [1.54, 1.807) is 0 Å². The number of carbonyl (C=O) groups excluding carboxylic acids is 1. The molecule has 36 heavy (non-hydrogen) atoms. The molecule has 0 aromatic carbocycles. The maximum atomic E-state index is 11.5. The number of aliphatic carboxylic acids is 1. The van der Waals surface area contributed by atoms with Crippen LogP contribution >= 0.6 is 0 Å². The number of esters is 1. The molecule has 0 aliphatic heterocycles. The number of hydrogen-bond acceptors (Lipinski definition) is 11. The third-order valence-electron chi connectivity index (χ3n) is 3.93. The number of rotatable bonds is 27. The van der Waals surface area contributed by atoms with Crippen molar-refractivity contribution in [1.29, 1.82) is 0 Å². The first-order chi connectivity index (χ1) is 17.3. The highest BCUT2D eigenvalue weighted by Gasteiger charge is 2.15. The second kappa shape index (κ2) is 25.3. The van der Waals surface area contributed by atoms with Crippen LogP contribution in [0.15, 0.2) is 0 Å². The van der Waals surface area contributed by atoms with Gasteiger partial charge in [-0.3, -0.25) is 9.59 Å². The van der Waals surface area contributed by atoms with Gasteiger partial charge in [-0.15, -0.1) is 0 Å². The standard InChI is InChI=1S/C24H46O12/c1-24(2,3)36-23(27)5-7-29-9-11-31-13-15-33-17-19-35-21-20-34-18-16-32-14-12-30-10-8-28-6-4-22(25)26/h4-21H2,1-3H3,(H,25,26). The lowest BCUT2D eigenvalue weighted by molar-refractivity contribution is -0.156. The molecule has 214 valence electrons. The highest BCUT2D eigenvalue weighted by Crippen LogP contribution is 2.08. The van der Waals surface area contributed by atoms with Crippen molar-refractivity contribution in [2.75, 3.05) is 106 Å². The van der Waals surface area contributed by atoms with Gasteiger partial charge in [-0.05, 0) is 20.8 Å². The number of carboxylic acids is 1. The van der Waals surface area contributed by atoms with Gasteiger partial charge in [0.1, 0.15) is 5.60 Å². The van der Waals surface area contributed by atoms with E-state index in [1.165, 1.54) is 0 Å². The zero-order valence-electron chi connectivity index (χ0n) is 22.2. The molecular formula is C24H46O12. The summed E-state index contributed by atoms with van der Waals surface area (Å²) in [5.41, 5.74) is -0.474. The number of hydrogen-bond donors (Lipinski definition) is 1. The summed E-state index contributed by atoms with van der Waals surface area (Å²) in [6, 6.07) is 0. The predicted molar refractivity (Wildman–Crippen MR) is 129 cm³/mol. The zero-order valence-corrected chi connectivity index (χ0v) is 22.2. The SMILES string of the molecule is CC(C)(C)OC(=O)CCOCCOCCOCCOCCOCCOCCOCCOCCC(=O)O. The molecule has 0 unspecified atom stereocenters. The molecule has 1 N–H and O–H groups in total. The molecule has 0 aromatic rings. The fourth-order valence-electron chi connectivity index (χ4n) is 2.35. The predicted octanol–water partition coefficient (Wildman–Crippen LogP) is 1.33. The molecule has 0 saturated carbocycles. The summed E-state index contributed by atoms with van der Waals surface area (Å²) < 4.78 is 47.9. The van der Waals surface area contributed by atoms with Gasteiger partial charge in [0.2, 0.25) is 0 Å². The fraction of sp³-hybridized carbons (Fsp3) is 0.917. The summed E-state index contributed by atoms with van der Waals surface area (Å²) in [5.74, 6) is -1.15. The lowest BCUT2D eigenvalue weighted by Gasteiger charge is -2.19. The van der Waals surface area contributed by atoms with Crippen LogP contribution in [0, 0.1) is 0 Å². The first-order valence-corrected chi connectivity index (χ1v) is 12.4. The van der Waals surface area contributed by atoms with Crippen LogP contribution in [0.4, 0.5) is 0 Å². The van der Waals surface area contributed by atoms with Gasteiger partial charge in [0.25, 0.3) is 0 Å². The van der Waals surface area contributed by atoms with E-state index >= 15 is 0 Å². The lowest BCUT2D eigenvalue weighted by Crippen LogP contribution is -2.24. The number of ether oxygens (including phenoxy) is 9. The van der Waals surface area contributed by atoms with Crippen LogP contribution in [0.5, 0.6) is 0 Å². The molecule has 0 atom stereocenters. The molecule has 0 radical (unpaired) electrons. The van der Waals surface area contributed by atoms with E-state index < -0.39 is 11.6 Å². The van der Waals surface area contributed by atoms with Gasteiger partial charge >= 0.3 is 11.9 Å². The molecule has 0 aliphatic rings. The van der Waals surface area contributed by atoms with E-state index in [0.717, 1.165) is 0 Å². The van der Waals surface area contributed by atoms with Crippen LogP contribution in [0.25, 0.3) is 0 Å². The first-order valence-electron chi connectivity index (χ1n) is 12.4. The molecule has 0 aromatic heterocycles. The van der Waals surface area contributed by atoms with Crippen molar-refractivity contribution in [1.82, 2.24) is 0 Å². The Hall–Kier alpha value is -1.38. The van der Waals surface area contributed by atoms with Gasteiger partial charge in [-0.1, -0.05) is 0 Å². The molecule has 0 aliphatic carbocycles. The van der Waals surface area contributed by atoms with Crippen molar-refractivity contribution in [2.45, 2.75) is 39.2 Å². The molecule has 0 heterocycles. The monoisotopic (exact) mass is 526 g/mol. The highest BCUT2D eigenvalue weighted by molar-refractivity contribution is 5.69. The van der Waals surface area contributed by atoms with Crippen LogP contribution < -0.4 is 0 Å². The Kier molecular flexibility index (Phi) is 24.3. The minimum Gasteiger partial charge on any atom is -0.481 e. The van der Waals surface area contributed by atoms with Gasteiger partial charge < -0.3 is 47.7 Å². The molecule has 0 amide bonds. The summed E-state index contributed by atoms with van der Waals surface area (Å²) >= 11 is 0. The molecular weight excluding hydrogens is 480 g/mol. The van der Waals surface area contributed by atoms with Crippen LogP contribution in [-0.2, 0) is 52.2 Å². The Morgan fingerprint density at radius 3 is 0.972 bits per heavy atom. The van der Waals surface area contributed by atoms with Crippen molar-refractivity contribution >= 4 is 11.9 Å². The smallest absolute Gasteiger partial charge is 0.308 e. The van der Waals surface area contributed by atoms with E-state index in [0.29, 0.717) is 99.1 Å². The molecule has 0 saturated heterocycles. The van der Waals surface area contributed by atoms with Gasteiger partial charge in [-0.25, -0.2) is 0 Å². The van der Waals surface area contributed by atoms with Crippen molar-refractivity contribution in [3.05, 3.63) is 0 Å². The van der Waals surface area contributed by atoms with Crippen LogP contribution in [0.1, 0.15) is 33.6 Å². The van der Waals surface area contributed by atoms with Crippen molar-refractivity contribution in [3.63, 3.8) is 0 Å². The average Bonchev–Trinajstić information content (AvgIpc) is 2.80. The Balaban J connectivity index is 3.11. The maximum absolute atomic E-state index is 11.5. The molecule has 0 spiro atoms. The van der Waals surface area contributed by atoms with E-state index in [-0.39, 0.29) is 25.4 Å². The van der Waals surface area contributed by atoms with Crippen molar-refractivity contribution in [3.8, 4) is 0 Å². The second-order valence-corrected chi connectivity index (χ2v) is 8.38.